The Morgan fingerprint density at radius 2 is 1.83 bits per heavy atom. The van der Waals surface area contributed by atoms with Gasteiger partial charge in [-0.3, -0.25) is 4.79 Å². The molecule has 1 N–H and O–H groups in total. The van der Waals surface area contributed by atoms with Gasteiger partial charge in [0.25, 0.3) is 0 Å². The Labute approximate surface area is 210 Å². The molecule has 0 radical (unpaired) electrons. The van der Waals surface area contributed by atoms with E-state index in [-0.39, 0.29) is 0 Å². The lowest BCUT2D eigenvalue weighted by atomic mass is 9.91. The van der Waals surface area contributed by atoms with Crippen molar-refractivity contribution in [1.82, 2.24) is 20.3 Å². The summed E-state index contributed by atoms with van der Waals surface area (Å²) < 4.78 is 11.7. The maximum Gasteiger partial charge on any atom is 0.222 e. The minimum Gasteiger partial charge on any atom is -0.493 e. The van der Waals surface area contributed by atoms with Crippen molar-refractivity contribution in [2.45, 2.75) is 64.7 Å². The van der Waals surface area contributed by atoms with Crippen molar-refractivity contribution >= 4 is 16.9 Å². The monoisotopic (exact) mass is 484 g/mol. The maximum absolute atomic E-state index is 12.0. The fourth-order valence-corrected chi connectivity index (χ4v) is 5.20. The van der Waals surface area contributed by atoms with Gasteiger partial charge in [-0.1, -0.05) is 5.16 Å². The SMILES string of the molecule is CNC.Cc1c(OCC2CC2)ccc2c(CCC3CCN(CCN4CCCCC4=O)CC3)noc12. The first-order chi connectivity index (χ1) is 17.1. The van der Waals surface area contributed by atoms with Gasteiger partial charge in [-0.05, 0) is 109 Å². The van der Waals surface area contributed by atoms with Crippen LogP contribution in [0, 0.1) is 18.8 Å². The van der Waals surface area contributed by atoms with Crippen LogP contribution in [0.25, 0.3) is 11.0 Å². The molecule has 1 saturated carbocycles. The molecule has 1 amide bonds. The van der Waals surface area contributed by atoms with E-state index in [0.717, 1.165) is 98.4 Å². The van der Waals surface area contributed by atoms with E-state index in [4.69, 9.17) is 9.26 Å². The molecule has 1 aromatic carbocycles. The second-order valence-corrected chi connectivity index (χ2v) is 10.6. The predicted molar refractivity (Wildman–Crippen MR) is 140 cm³/mol. The minimum atomic E-state index is 0.350. The number of benzene rings is 1. The first-order valence-corrected chi connectivity index (χ1v) is 13.7. The van der Waals surface area contributed by atoms with Crippen LogP contribution in [0.1, 0.15) is 62.6 Å². The fraction of sp³-hybridized carbons (Fsp3) is 0.714. The number of piperidine rings is 2. The first-order valence-electron chi connectivity index (χ1n) is 13.7. The second kappa shape index (κ2) is 12.7. The van der Waals surface area contributed by atoms with Crippen LogP contribution in [-0.4, -0.2) is 74.3 Å². The lowest BCUT2D eigenvalue weighted by Crippen LogP contribution is -2.43. The Morgan fingerprint density at radius 1 is 1.06 bits per heavy atom. The molecule has 194 valence electrons. The van der Waals surface area contributed by atoms with Crippen LogP contribution in [0.4, 0.5) is 0 Å². The number of aryl methyl sites for hydroxylation is 2. The van der Waals surface area contributed by atoms with E-state index in [0.29, 0.717) is 5.91 Å². The fourth-order valence-electron chi connectivity index (χ4n) is 5.20. The summed E-state index contributed by atoms with van der Waals surface area (Å²) in [6, 6.07) is 4.22. The molecular formula is C28H44N4O3. The molecule has 5 rings (SSSR count). The van der Waals surface area contributed by atoms with Crippen LogP contribution in [-0.2, 0) is 11.2 Å². The highest BCUT2D eigenvalue weighted by atomic mass is 16.5. The van der Waals surface area contributed by atoms with Gasteiger partial charge in [-0.25, -0.2) is 0 Å². The molecule has 3 heterocycles. The largest absolute Gasteiger partial charge is 0.493 e. The predicted octanol–water partition coefficient (Wildman–Crippen LogP) is 4.42. The minimum absolute atomic E-state index is 0.350. The average Bonchev–Trinajstić information content (AvgIpc) is 3.61. The number of likely N-dealkylation sites (tertiary alicyclic amines) is 2. The Balaban J connectivity index is 0.000000917. The zero-order valence-electron chi connectivity index (χ0n) is 22.0. The molecule has 0 spiro atoms. The molecule has 35 heavy (non-hydrogen) atoms. The van der Waals surface area contributed by atoms with E-state index < -0.39 is 0 Å². The Morgan fingerprint density at radius 3 is 2.54 bits per heavy atom. The number of amides is 1. The number of rotatable bonds is 9. The topological polar surface area (TPSA) is 70.8 Å². The molecule has 2 saturated heterocycles. The van der Waals surface area contributed by atoms with Crippen LogP contribution < -0.4 is 10.1 Å². The third-order valence-electron chi connectivity index (χ3n) is 7.69. The lowest BCUT2D eigenvalue weighted by Gasteiger charge is -2.34. The number of hydrogen-bond donors (Lipinski definition) is 1. The summed E-state index contributed by atoms with van der Waals surface area (Å²) in [4.78, 5) is 16.6. The lowest BCUT2D eigenvalue weighted by molar-refractivity contribution is -0.133. The molecule has 2 aromatic rings. The summed E-state index contributed by atoms with van der Waals surface area (Å²) in [5.74, 6) is 2.78. The Hall–Kier alpha value is -2.12. The van der Waals surface area contributed by atoms with Gasteiger partial charge in [-0.15, -0.1) is 0 Å². The third kappa shape index (κ3) is 7.20. The molecular weight excluding hydrogens is 440 g/mol. The van der Waals surface area contributed by atoms with Crippen LogP contribution in [0.3, 0.4) is 0 Å². The molecule has 0 atom stereocenters. The van der Waals surface area contributed by atoms with Gasteiger partial charge >= 0.3 is 0 Å². The Kier molecular flexibility index (Phi) is 9.44. The normalized spacial score (nSPS) is 19.6. The molecule has 0 bridgehead atoms. The van der Waals surface area contributed by atoms with Crippen molar-refractivity contribution in [3.05, 3.63) is 23.4 Å². The van der Waals surface area contributed by atoms with E-state index in [2.05, 4.69) is 39.3 Å². The summed E-state index contributed by atoms with van der Waals surface area (Å²) in [5.41, 5.74) is 3.04. The van der Waals surface area contributed by atoms with Crippen LogP contribution >= 0.6 is 0 Å². The van der Waals surface area contributed by atoms with Crippen LogP contribution in [0.15, 0.2) is 16.7 Å². The highest BCUT2D eigenvalue weighted by Crippen LogP contribution is 2.34. The van der Waals surface area contributed by atoms with Gasteiger partial charge in [0, 0.05) is 37.0 Å². The second-order valence-electron chi connectivity index (χ2n) is 10.6. The number of ether oxygens (including phenoxy) is 1. The number of aromatic nitrogens is 1. The number of hydrogen-bond acceptors (Lipinski definition) is 6. The van der Waals surface area contributed by atoms with Gasteiger partial charge in [-0.2, -0.15) is 0 Å². The van der Waals surface area contributed by atoms with E-state index in [1.807, 2.05) is 14.1 Å². The zero-order chi connectivity index (χ0) is 24.6. The molecule has 2 aliphatic heterocycles. The van der Waals surface area contributed by atoms with Gasteiger partial charge in [0.15, 0.2) is 5.58 Å². The molecule has 7 nitrogen and oxygen atoms in total. The first kappa shape index (κ1) is 26.0. The summed E-state index contributed by atoms with van der Waals surface area (Å²) >= 11 is 0. The van der Waals surface area contributed by atoms with Crippen molar-refractivity contribution in [2.75, 3.05) is 53.4 Å². The number of fused-ring (bicyclic) bond motifs is 1. The van der Waals surface area contributed by atoms with Crippen molar-refractivity contribution < 1.29 is 14.1 Å². The quantitative estimate of drug-likeness (QED) is 0.568. The third-order valence-corrected chi connectivity index (χ3v) is 7.69. The summed E-state index contributed by atoms with van der Waals surface area (Å²) in [6.45, 7) is 8.07. The van der Waals surface area contributed by atoms with Gasteiger partial charge in [0.1, 0.15) is 5.75 Å². The standard InChI is InChI=1S/C26H37N3O3.C2H7N/c1-19-24(31-18-21-5-6-21)10-8-22-23(27-32-26(19)22)9-7-20-11-14-28(15-12-20)16-17-29-13-3-2-4-25(29)30;1-3-2/h8,10,20-21H,2-7,9,11-18H2,1H3;3H,1-2H3. The van der Waals surface area contributed by atoms with Gasteiger partial charge in [0.2, 0.25) is 5.91 Å². The molecule has 3 fully saturated rings. The maximum atomic E-state index is 12.0. The summed E-state index contributed by atoms with van der Waals surface area (Å²) in [6.07, 6.45) is 10.2. The molecule has 1 aliphatic carbocycles. The highest BCUT2D eigenvalue weighted by Gasteiger charge is 2.24. The van der Waals surface area contributed by atoms with Crippen LogP contribution in [0.5, 0.6) is 5.75 Å². The summed E-state index contributed by atoms with van der Waals surface area (Å²) in [5, 5.41) is 8.31. The van der Waals surface area contributed by atoms with Gasteiger partial charge in [0.05, 0.1) is 12.3 Å². The summed E-state index contributed by atoms with van der Waals surface area (Å²) in [7, 11) is 3.75. The Bertz CT molecular complexity index is 947. The molecule has 1 aromatic heterocycles. The zero-order valence-corrected chi connectivity index (χ0v) is 22.0. The van der Waals surface area contributed by atoms with Gasteiger partial charge < -0.3 is 24.4 Å². The van der Waals surface area contributed by atoms with Crippen LogP contribution in [0.2, 0.25) is 0 Å². The van der Waals surface area contributed by atoms with Crippen molar-refractivity contribution in [1.29, 1.82) is 0 Å². The van der Waals surface area contributed by atoms with E-state index >= 15 is 0 Å². The number of carbonyl (C=O) groups excluding carboxylic acids is 1. The van der Waals surface area contributed by atoms with Crippen molar-refractivity contribution in [3.8, 4) is 5.75 Å². The van der Waals surface area contributed by atoms with Crippen molar-refractivity contribution in [3.63, 3.8) is 0 Å². The van der Waals surface area contributed by atoms with Crippen molar-refractivity contribution in [2.24, 2.45) is 11.8 Å². The smallest absolute Gasteiger partial charge is 0.222 e. The number of nitrogens with zero attached hydrogens (tertiary/aromatic N) is 3. The van der Waals surface area contributed by atoms with E-state index in [9.17, 15) is 4.79 Å². The average molecular weight is 485 g/mol. The number of nitrogens with one attached hydrogen (secondary N) is 1. The van der Waals surface area contributed by atoms with E-state index in [1.165, 1.54) is 38.5 Å². The number of carbonyl (C=O) groups is 1. The molecule has 3 aliphatic rings. The highest BCUT2D eigenvalue weighted by molar-refractivity contribution is 5.84. The van der Waals surface area contributed by atoms with E-state index in [1.54, 1.807) is 0 Å². The molecule has 7 heteroatoms. The molecule has 0 unspecified atom stereocenters.